The number of benzene rings is 2. The summed E-state index contributed by atoms with van der Waals surface area (Å²) in [6, 6.07) is 19.2. The summed E-state index contributed by atoms with van der Waals surface area (Å²) in [6.45, 7) is 0.672. The van der Waals surface area contributed by atoms with E-state index in [4.69, 9.17) is 4.74 Å². The number of hydrogen-bond acceptors (Lipinski definition) is 6. The number of rotatable bonds is 9. The molecule has 0 amide bonds. The second kappa shape index (κ2) is 9.52. The van der Waals surface area contributed by atoms with Crippen molar-refractivity contribution in [2.24, 2.45) is 7.05 Å². The second-order valence-corrected chi connectivity index (χ2v) is 7.48. The molecule has 9 heteroatoms. The molecule has 1 atom stereocenters. The van der Waals surface area contributed by atoms with Gasteiger partial charge in [0.1, 0.15) is 18.5 Å². The molecule has 4 aromatic rings. The summed E-state index contributed by atoms with van der Waals surface area (Å²) >= 11 is 0. The summed E-state index contributed by atoms with van der Waals surface area (Å²) in [7, 11) is 1.54. The standard InChI is InChI=1S/C23H25N5O4/c1-27-20-19(21(30)26-23(27)31)28(14-17(29)15-32-18-10-6-3-7-11-18)22(25-20)24-13-12-16-8-4-2-5-9-16/h2-11,17,29H,12-15H2,1H3,(H,24,25)(H,26,30,31)/t17-/m1/s1. The molecule has 0 bridgehead atoms. The number of aromatic amines is 1. The van der Waals surface area contributed by atoms with E-state index in [1.807, 2.05) is 48.5 Å². The number of hydrogen-bond donors (Lipinski definition) is 3. The Hall–Kier alpha value is -3.85. The molecule has 9 nitrogen and oxygen atoms in total. The normalized spacial score (nSPS) is 12.1. The number of anilines is 1. The average molecular weight is 435 g/mol. The summed E-state index contributed by atoms with van der Waals surface area (Å²) in [4.78, 5) is 31.4. The van der Waals surface area contributed by atoms with Crippen LogP contribution in [-0.2, 0) is 20.0 Å². The largest absolute Gasteiger partial charge is 0.491 e. The number of fused-ring (bicyclic) bond motifs is 1. The molecular formula is C23H25N5O4. The maximum absolute atomic E-state index is 12.6. The van der Waals surface area contributed by atoms with E-state index in [0.29, 0.717) is 18.2 Å². The van der Waals surface area contributed by atoms with Crippen LogP contribution in [0.2, 0.25) is 0 Å². The monoisotopic (exact) mass is 435 g/mol. The maximum atomic E-state index is 12.6. The van der Waals surface area contributed by atoms with Crippen molar-refractivity contribution in [3.05, 3.63) is 87.1 Å². The second-order valence-electron chi connectivity index (χ2n) is 7.48. The Morgan fingerprint density at radius 3 is 2.50 bits per heavy atom. The summed E-state index contributed by atoms with van der Waals surface area (Å²) in [5.74, 6) is 1.05. The highest BCUT2D eigenvalue weighted by molar-refractivity contribution is 5.74. The maximum Gasteiger partial charge on any atom is 0.329 e. The first-order chi connectivity index (χ1) is 15.5. The minimum atomic E-state index is -0.904. The van der Waals surface area contributed by atoms with Crippen molar-refractivity contribution in [2.75, 3.05) is 18.5 Å². The van der Waals surface area contributed by atoms with Crippen LogP contribution in [0, 0.1) is 0 Å². The number of aromatic nitrogens is 4. The van der Waals surface area contributed by atoms with Crippen molar-refractivity contribution in [3.8, 4) is 5.75 Å². The molecule has 0 fully saturated rings. The number of nitrogens with one attached hydrogen (secondary N) is 2. The van der Waals surface area contributed by atoms with Crippen LogP contribution in [-0.4, -0.2) is 43.5 Å². The van der Waals surface area contributed by atoms with Crippen molar-refractivity contribution in [2.45, 2.75) is 19.1 Å². The van der Waals surface area contributed by atoms with Gasteiger partial charge in [0, 0.05) is 13.6 Å². The predicted octanol–water partition coefficient (Wildman–Crippen LogP) is 1.52. The van der Waals surface area contributed by atoms with E-state index >= 15 is 0 Å². The quantitative estimate of drug-likeness (QED) is 0.367. The number of nitrogens with zero attached hydrogens (tertiary/aromatic N) is 3. The van der Waals surface area contributed by atoms with Crippen LogP contribution in [0.25, 0.3) is 11.2 Å². The zero-order chi connectivity index (χ0) is 22.5. The Morgan fingerprint density at radius 2 is 1.78 bits per heavy atom. The fourth-order valence-corrected chi connectivity index (χ4v) is 3.48. The van der Waals surface area contributed by atoms with Gasteiger partial charge in [0.25, 0.3) is 5.56 Å². The highest BCUT2D eigenvalue weighted by atomic mass is 16.5. The van der Waals surface area contributed by atoms with Crippen LogP contribution in [0.3, 0.4) is 0 Å². The van der Waals surface area contributed by atoms with Crippen LogP contribution in [0.1, 0.15) is 5.56 Å². The Labute approximate surface area is 183 Å². The first-order valence-corrected chi connectivity index (χ1v) is 10.4. The minimum absolute atomic E-state index is 0.0385. The topological polar surface area (TPSA) is 114 Å². The van der Waals surface area contributed by atoms with Gasteiger partial charge in [-0.3, -0.25) is 14.3 Å². The lowest BCUT2D eigenvalue weighted by Crippen LogP contribution is -2.31. The van der Waals surface area contributed by atoms with Gasteiger partial charge in [-0.05, 0) is 24.1 Å². The van der Waals surface area contributed by atoms with Crippen molar-refractivity contribution in [1.29, 1.82) is 0 Å². The van der Waals surface area contributed by atoms with E-state index in [0.717, 1.165) is 12.0 Å². The highest BCUT2D eigenvalue weighted by Crippen LogP contribution is 2.17. The number of para-hydroxylation sites is 1. The summed E-state index contributed by atoms with van der Waals surface area (Å²) in [5.41, 5.74) is 0.522. The predicted molar refractivity (Wildman–Crippen MR) is 122 cm³/mol. The smallest absolute Gasteiger partial charge is 0.329 e. The summed E-state index contributed by atoms with van der Waals surface area (Å²) < 4.78 is 8.51. The molecule has 0 aliphatic rings. The van der Waals surface area contributed by atoms with Crippen LogP contribution in [0.5, 0.6) is 5.75 Å². The lowest BCUT2D eigenvalue weighted by Gasteiger charge is -2.16. The molecule has 0 saturated carbocycles. The molecule has 0 radical (unpaired) electrons. The lowest BCUT2D eigenvalue weighted by atomic mass is 10.1. The summed E-state index contributed by atoms with van der Waals surface area (Å²) in [6.07, 6.45) is -0.155. The van der Waals surface area contributed by atoms with E-state index in [1.54, 1.807) is 23.7 Å². The number of aliphatic hydroxyl groups excluding tert-OH is 1. The van der Waals surface area contributed by atoms with Crippen molar-refractivity contribution in [1.82, 2.24) is 19.1 Å². The average Bonchev–Trinajstić information content (AvgIpc) is 3.16. The zero-order valence-corrected chi connectivity index (χ0v) is 17.7. The van der Waals surface area contributed by atoms with Crippen molar-refractivity contribution in [3.63, 3.8) is 0 Å². The Balaban J connectivity index is 1.58. The van der Waals surface area contributed by atoms with Gasteiger partial charge in [-0.15, -0.1) is 0 Å². The first-order valence-electron chi connectivity index (χ1n) is 10.4. The molecule has 0 aliphatic carbocycles. The van der Waals surface area contributed by atoms with E-state index < -0.39 is 17.4 Å². The third kappa shape index (κ3) is 4.73. The zero-order valence-electron chi connectivity index (χ0n) is 17.7. The number of ether oxygens (including phenoxy) is 1. The van der Waals surface area contributed by atoms with Crippen LogP contribution in [0.4, 0.5) is 5.95 Å². The van der Waals surface area contributed by atoms with Gasteiger partial charge in [0.15, 0.2) is 11.2 Å². The van der Waals surface area contributed by atoms with Crippen LogP contribution < -0.4 is 21.3 Å². The molecule has 4 rings (SSSR count). The third-order valence-electron chi connectivity index (χ3n) is 5.13. The first kappa shape index (κ1) is 21.4. The number of aliphatic hydroxyl groups is 1. The fourth-order valence-electron chi connectivity index (χ4n) is 3.48. The SMILES string of the molecule is Cn1c(=O)[nH]c(=O)c2c1nc(NCCc1ccccc1)n2C[C@@H](O)COc1ccccc1. The molecule has 166 valence electrons. The number of imidazole rings is 1. The van der Waals surface area contributed by atoms with E-state index in [1.165, 1.54) is 4.57 Å². The van der Waals surface area contributed by atoms with Gasteiger partial charge in [-0.1, -0.05) is 48.5 Å². The van der Waals surface area contributed by atoms with Gasteiger partial charge in [-0.25, -0.2) is 4.79 Å². The fraction of sp³-hybridized carbons (Fsp3) is 0.261. The van der Waals surface area contributed by atoms with Crippen molar-refractivity contribution >= 4 is 17.1 Å². The van der Waals surface area contributed by atoms with Gasteiger partial charge in [-0.2, -0.15) is 4.98 Å². The van der Waals surface area contributed by atoms with Gasteiger partial charge < -0.3 is 19.7 Å². The molecule has 0 spiro atoms. The molecule has 2 aromatic carbocycles. The molecule has 0 aliphatic heterocycles. The Morgan fingerprint density at radius 1 is 1.09 bits per heavy atom. The summed E-state index contributed by atoms with van der Waals surface area (Å²) in [5, 5.41) is 13.8. The van der Waals surface area contributed by atoms with E-state index in [9.17, 15) is 14.7 Å². The Kier molecular flexibility index (Phi) is 6.37. The van der Waals surface area contributed by atoms with Crippen LogP contribution >= 0.6 is 0 Å². The number of aryl methyl sites for hydroxylation is 1. The molecule has 0 saturated heterocycles. The van der Waals surface area contributed by atoms with Gasteiger partial charge in [0.05, 0.1) is 6.54 Å². The molecule has 0 unspecified atom stereocenters. The van der Waals surface area contributed by atoms with E-state index in [2.05, 4.69) is 15.3 Å². The van der Waals surface area contributed by atoms with Gasteiger partial charge in [0.2, 0.25) is 5.95 Å². The minimum Gasteiger partial charge on any atom is -0.491 e. The molecule has 32 heavy (non-hydrogen) atoms. The van der Waals surface area contributed by atoms with Gasteiger partial charge >= 0.3 is 5.69 Å². The highest BCUT2D eigenvalue weighted by Gasteiger charge is 2.19. The Bertz CT molecular complexity index is 1300. The number of H-pyrrole nitrogens is 1. The van der Waals surface area contributed by atoms with Crippen molar-refractivity contribution < 1.29 is 9.84 Å². The van der Waals surface area contributed by atoms with Crippen LogP contribution in [0.15, 0.2) is 70.3 Å². The van der Waals surface area contributed by atoms with E-state index in [-0.39, 0.29) is 24.3 Å². The molecular weight excluding hydrogens is 410 g/mol. The molecule has 3 N–H and O–H groups in total. The molecule has 2 aromatic heterocycles. The third-order valence-corrected chi connectivity index (χ3v) is 5.13. The lowest BCUT2D eigenvalue weighted by molar-refractivity contribution is 0.0938. The molecule has 2 heterocycles.